The number of anilines is 1. The van der Waals surface area contributed by atoms with Crippen LogP contribution in [0.3, 0.4) is 0 Å². The summed E-state index contributed by atoms with van der Waals surface area (Å²) in [6, 6.07) is 9.65. The normalized spacial score (nSPS) is 24.0. The first-order valence-electron chi connectivity index (χ1n) is 6.20. The van der Waals surface area contributed by atoms with E-state index in [-0.39, 0.29) is 6.10 Å². The summed E-state index contributed by atoms with van der Waals surface area (Å²) in [5.41, 5.74) is 1.67. The molecule has 0 heterocycles. The summed E-state index contributed by atoms with van der Waals surface area (Å²) in [5.74, 6) is 0.546. The third-order valence-electron chi connectivity index (χ3n) is 3.34. The molecule has 1 aromatic rings. The quantitative estimate of drug-likeness (QED) is 0.839. The van der Waals surface area contributed by atoms with E-state index >= 15 is 0 Å². The molecule has 1 saturated carbocycles. The minimum atomic E-state index is -0.124. The number of nitrogens with one attached hydrogen (secondary N) is 1. The largest absolute Gasteiger partial charge is 0.393 e. The van der Waals surface area contributed by atoms with Crippen molar-refractivity contribution in [2.45, 2.75) is 31.8 Å². The van der Waals surface area contributed by atoms with Crippen LogP contribution in [0, 0.1) is 17.2 Å². The lowest BCUT2D eigenvalue weighted by molar-refractivity contribution is 0.105. The number of hydrogen-bond donors (Lipinski definition) is 2. The zero-order chi connectivity index (χ0) is 12.1. The van der Waals surface area contributed by atoms with Crippen LogP contribution < -0.4 is 5.32 Å². The van der Waals surface area contributed by atoms with E-state index in [9.17, 15) is 5.11 Å². The molecule has 0 bridgehead atoms. The van der Waals surface area contributed by atoms with E-state index in [0.29, 0.717) is 11.5 Å². The van der Waals surface area contributed by atoms with Gasteiger partial charge in [-0.05, 0) is 43.4 Å². The van der Waals surface area contributed by atoms with Gasteiger partial charge in [-0.25, -0.2) is 0 Å². The highest BCUT2D eigenvalue weighted by Gasteiger charge is 2.19. The zero-order valence-electron chi connectivity index (χ0n) is 9.89. The number of benzene rings is 1. The lowest BCUT2D eigenvalue weighted by atomic mass is 9.87. The summed E-state index contributed by atoms with van der Waals surface area (Å²) in [5, 5.41) is 21.7. The molecule has 2 N–H and O–H groups in total. The number of aliphatic hydroxyl groups excluding tert-OH is 1. The van der Waals surface area contributed by atoms with Gasteiger partial charge in [0.25, 0.3) is 0 Å². The van der Waals surface area contributed by atoms with Gasteiger partial charge in [0.2, 0.25) is 0 Å². The Morgan fingerprint density at radius 2 is 2.29 bits per heavy atom. The number of nitriles is 1. The third kappa shape index (κ3) is 3.47. The predicted molar refractivity (Wildman–Crippen MR) is 67.6 cm³/mol. The van der Waals surface area contributed by atoms with E-state index in [0.717, 1.165) is 31.5 Å². The van der Waals surface area contributed by atoms with E-state index in [4.69, 9.17) is 5.26 Å². The number of aliphatic hydroxyl groups is 1. The standard InChI is InChI=1S/C14H18N2O/c15-9-11-3-1-5-13(7-11)16-10-12-4-2-6-14(17)8-12/h1,3,5,7,12,14,16-17H,2,4,6,8,10H2. The molecule has 3 heteroatoms. The Balaban J connectivity index is 1.87. The molecule has 1 aliphatic rings. The SMILES string of the molecule is N#Cc1cccc(NCC2CCCC(O)C2)c1. The number of nitrogens with zero attached hydrogens (tertiary/aromatic N) is 1. The molecule has 1 fully saturated rings. The van der Waals surface area contributed by atoms with Crippen molar-refractivity contribution < 1.29 is 5.11 Å². The molecular formula is C14H18N2O. The molecule has 1 aromatic carbocycles. The fourth-order valence-electron chi connectivity index (χ4n) is 2.41. The predicted octanol–water partition coefficient (Wildman–Crippen LogP) is 2.52. The van der Waals surface area contributed by atoms with Crippen molar-refractivity contribution >= 4 is 5.69 Å². The van der Waals surface area contributed by atoms with Crippen molar-refractivity contribution in [3.63, 3.8) is 0 Å². The first-order chi connectivity index (χ1) is 8.28. The molecular weight excluding hydrogens is 212 g/mol. The molecule has 0 aliphatic heterocycles. The molecule has 0 spiro atoms. The fourth-order valence-corrected chi connectivity index (χ4v) is 2.41. The fraction of sp³-hybridized carbons (Fsp3) is 0.500. The summed E-state index contributed by atoms with van der Waals surface area (Å²) in [6.45, 7) is 0.881. The number of hydrogen-bond acceptors (Lipinski definition) is 3. The third-order valence-corrected chi connectivity index (χ3v) is 3.34. The molecule has 3 nitrogen and oxygen atoms in total. The van der Waals surface area contributed by atoms with Crippen LogP contribution in [0.4, 0.5) is 5.69 Å². The van der Waals surface area contributed by atoms with E-state index in [2.05, 4.69) is 11.4 Å². The van der Waals surface area contributed by atoms with E-state index in [1.165, 1.54) is 6.42 Å². The lowest BCUT2D eigenvalue weighted by Crippen LogP contribution is -2.24. The summed E-state index contributed by atoms with van der Waals surface area (Å²) in [6.07, 6.45) is 4.01. The van der Waals surface area contributed by atoms with Crippen LogP contribution in [0.5, 0.6) is 0 Å². The van der Waals surface area contributed by atoms with Crippen molar-refractivity contribution in [3.05, 3.63) is 29.8 Å². The van der Waals surface area contributed by atoms with Crippen molar-refractivity contribution in [3.8, 4) is 6.07 Å². The van der Waals surface area contributed by atoms with Gasteiger partial charge in [-0.2, -0.15) is 5.26 Å². The molecule has 2 rings (SSSR count). The topological polar surface area (TPSA) is 56.0 Å². The molecule has 2 atom stereocenters. The maximum atomic E-state index is 9.59. The van der Waals surface area contributed by atoms with Crippen LogP contribution in [0.2, 0.25) is 0 Å². The first-order valence-corrected chi connectivity index (χ1v) is 6.20. The summed E-state index contributed by atoms with van der Waals surface area (Å²) in [7, 11) is 0. The second-order valence-electron chi connectivity index (χ2n) is 4.76. The molecule has 2 unspecified atom stereocenters. The van der Waals surface area contributed by atoms with Crippen molar-refractivity contribution in [1.29, 1.82) is 5.26 Å². The Morgan fingerprint density at radius 3 is 3.06 bits per heavy atom. The van der Waals surface area contributed by atoms with Crippen LogP contribution in [0.25, 0.3) is 0 Å². The number of rotatable bonds is 3. The van der Waals surface area contributed by atoms with Crippen LogP contribution in [0.1, 0.15) is 31.2 Å². The Morgan fingerprint density at radius 1 is 1.41 bits per heavy atom. The average molecular weight is 230 g/mol. The maximum absolute atomic E-state index is 9.59. The van der Waals surface area contributed by atoms with Gasteiger partial charge in [0, 0.05) is 12.2 Å². The molecule has 0 aromatic heterocycles. The zero-order valence-corrected chi connectivity index (χ0v) is 9.89. The van der Waals surface area contributed by atoms with Gasteiger partial charge < -0.3 is 10.4 Å². The highest BCUT2D eigenvalue weighted by Crippen LogP contribution is 2.24. The molecule has 90 valence electrons. The summed E-state index contributed by atoms with van der Waals surface area (Å²) in [4.78, 5) is 0. The van der Waals surface area contributed by atoms with Crippen molar-refractivity contribution in [2.24, 2.45) is 5.92 Å². The monoisotopic (exact) mass is 230 g/mol. The highest BCUT2D eigenvalue weighted by atomic mass is 16.3. The Hall–Kier alpha value is -1.53. The minimum Gasteiger partial charge on any atom is -0.393 e. The first kappa shape index (κ1) is 11.9. The van der Waals surface area contributed by atoms with Crippen LogP contribution in [-0.4, -0.2) is 17.8 Å². The second kappa shape index (κ2) is 5.70. The van der Waals surface area contributed by atoms with Crippen LogP contribution in [-0.2, 0) is 0 Å². The van der Waals surface area contributed by atoms with Gasteiger partial charge >= 0.3 is 0 Å². The molecule has 0 saturated heterocycles. The van der Waals surface area contributed by atoms with Crippen LogP contribution >= 0.6 is 0 Å². The lowest BCUT2D eigenvalue weighted by Gasteiger charge is -2.26. The Kier molecular flexibility index (Phi) is 4.00. The molecule has 1 aliphatic carbocycles. The van der Waals surface area contributed by atoms with Crippen LogP contribution in [0.15, 0.2) is 24.3 Å². The molecule has 17 heavy (non-hydrogen) atoms. The van der Waals surface area contributed by atoms with E-state index in [1.807, 2.05) is 18.2 Å². The van der Waals surface area contributed by atoms with Gasteiger partial charge in [0.15, 0.2) is 0 Å². The summed E-state index contributed by atoms with van der Waals surface area (Å²) >= 11 is 0. The maximum Gasteiger partial charge on any atom is 0.0992 e. The highest BCUT2D eigenvalue weighted by molar-refractivity contribution is 5.49. The van der Waals surface area contributed by atoms with Gasteiger partial charge in [-0.15, -0.1) is 0 Å². The van der Waals surface area contributed by atoms with Crippen molar-refractivity contribution in [1.82, 2.24) is 0 Å². The van der Waals surface area contributed by atoms with Gasteiger partial charge in [-0.3, -0.25) is 0 Å². The minimum absolute atomic E-state index is 0.124. The second-order valence-corrected chi connectivity index (χ2v) is 4.76. The van der Waals surface area contributed by atoms with E-state index < -0.39 is 0 Å². The Labute approximate surface area is 102 Å². The summed E-state index contributed by atoms with van der Waals surface area (Å²) < 4.78 is 0. The van der Waals surface area contributed by atoms with Gasteiger partial charge in [0.05, 0.1) is 17.7 Å². The smallest absolute Gasteiger partial charge is 0.0992 e. The molecule has 0 radical (unpaired) electrons. The van der Waals surface area contributed by atoms with E-state index in [1.54, 1.807) is 6.07 Å². The van der Waals surface area contributed by atoms with Crippen molar-refractivity contribution in [2.75, 3.05) is 11.9 Å². The molecule has 0 amide bonds. The van der Waals surface area contributed by atoms with Gasteiger partial charge in [0.1, 0.15) is 0 Å². The van der Waals surface area contributed by atoms with Gasteiger partial charge in [-0.1, -0.05) is 12.5 Å². The average Bonchev–Trinajstić information content (AvgIpc) is 2.37. The Bertz CT molecular complexity index is 411.